The van der Waals surface area contributed by atoms with Crippen molar-refractivity contribution in [2.24, 2.45) is 0 Å². The highest BCUT2D eigenvalue weighted by Gasteiger charge is 2.33. The first-order chi connectivity index (χ1) is 16.1. The zero-order chi connectivity index (χ0) is 25.0. The van der Waals surface area contributed by atoms with E-state index in [0.717, 1.165) is 0 Å². The van der Waals surface area contributed by atoms with Gasteiger partial charge in [0.1, 0.15) is 18.3 Å². The summed E-state index contributed by atoms with van der Waals surface area (Å²) in [6.07, 6.45) is 3.51. The van der Waals surface area contributed by atoms with Gasteiger partial charge in [-0.05, 0) is 13.8 Å². The molecule has 3 aromatic rings. The molecule has 0 fully saturated rings. The Bertz CT molecular complexity index is 1220. The van der Waals surface area contributed by atoms with Crippen molar-refractivity contribution in [1.82, 2.24) is 34.7 Å². The number of methoxy groups -OCH3 is 3. The predicted molar refractivity (Wildman–Crippen MR) is 123 cm³/mol. The minimum atomic E-state index is -4.01. The summed E-state index contributed by atoms with van der Waals surface area (Å²) in [5, 5.41) is 7.58. The Hall–Kier alpha value is -3.10. The van der Waals surface area contributed by atoms with E-state index in [1.54, 1.807) is 13.8 Å². The summed E-state index contributed by atoms with van der Waals surface area (Å²) >= 11 is 5.84. The fourth-order valence-corrected chi connectivity index (χ4v) is 4.37. The molecule has 3 aromatic heterocycles. The molecule has 0 saturated heterocycles. The molecule has 34 heavy (non-hydrogen) atoms. The molecule has 3 heterocycles. The number of hydrogen-bond acceptors (Lipinski definition) is 11. The van der Waals surface area contributed by atoms with Crippen LogP contribution >= 0.6 is 11.6 Å². The Morgan fingerprint density at radius 3 is 2.09 bits per heavy atom. The van der Waals surface area contributed by atoms with E-state index >= 15 is 0 Å². The molecule has 184 valence electrons. The van der Waals surface area contributed by atoms with E-state index in [1.165, 1.54) is 51.5 Å². The summed E-state index contributed by atoms with van der Waals surface area (Å²) in [4.78, 5) is 16.5. The lowest BCUT2D eigenvalue weighted by Crippen LogP contribution is -2.31. The van der Waals surface area contributed by atoms with Crippen molar-refractivity contribution >= 4 is 27.6 Å². The van der Waals surface area contributed by atoms with Gasteiger partial charge >= 0.3 is 0 Å². The summed E-state index contributed by atoms with van der Waals surface area (Å²) < 4.78 is 46.7. The lowest BCUT2D eigenvalue weighted by molar-refractivity contribution is 0.110. The van der Waals surface area contributed by atoms with Crippen molar-refractivity contribution in [2.75, 3.05) is 26.1 Å². The van der Waals surface area contributed by atoms with Gasteiger partial charge in [-0.1, -0.05) is 18.5 Å². The highest BCUT2D eigenvalue weighted by Crippen LogP contribution is 2.34. The SMILES string of the molecule is COc1ncnc(OC)c1-n1c(NS(=O)(=O)C(C)C(C)c2ncc(Cl)cn2)nnc1C(C)OC. The standard InChI is InChI=1S/C19H25ClN8O5S/c1-10(15-21-7-13(20)8-22-15)12(3)34(29,30)27-19-26-25-16(11(2)31-4)28(19)14-17(32-5)23-9-24-18(14)33-6/h7-12H,1-6H3,(H,26,27). The van der Waals surface area contributed by atoms with E-state index in [1.807, 2.05) is 0 Å². The normalized spacial score (nSPS) is 14.3. The molecule has 3 atom stereocenters. The van der Waals surface area contributed by atoms with E-state index in [9.17, 15) is 8.42 Å². The minimum absolute atomic E-state index is 0.118. The van der Waals surface area contributed by atoms with Crippen LogP contribution in [0.2, 0.25) is 5.02 Å². The predicted octanol–water partition coefficient (Wildman–Crippen LogP) is 2.16. The number of halogens is 1. The van der Waals surface area contributed by atoms with Crippen molar-refractivity contribution in [3.63, 3.8) is 0 Å². The van der Waals surface area contributed by atoms with Gasteiger partial charge in [-0.25, -0.2) is 18.4 Å². The van der Waals surface area contributed by atoms with Gasteiger partial charge in [-0.3, -0.25) is 9.29 Å². The fourth-order valence-electron chi connectivity index (χ4n) is 3.05. The van der Waals surface area contributed by atoms with Gasteiger partial charge in [-0.15, -0.1) is 10.2 Å². The molecule has 0 aromatic carbocycles. The molecule has 0 aliphatic rings. The van der Waals surface area contributed by atoms with Crippen LogP contribution < -0.4 is 14.2 Å². The van der Waals surface area contributed by atoms with Gasteiger partial charge in [0.05, 0.1) is 24.5 Å². The molecular weight excluding hydrogens is 488 g/mol. The van der Waals surface area contributed by atoms with E-state index in [4.69, 9.17) is 25.8 Å². The monoisotopic (exact) mass is 512 g/mol. The molecule has 0 aliphatic heterocycles. The summed E-state index contributed by atoms with van der Waals surface area (Å²) in [6.45, 7) is 4.97. The van der Waals surface area contributed by atoms with Crippen LogP contribution in [-0.2, 0) is 14.8 Å². The number of nitrogens with one attached hydrogen (secondary N) is 1. The van der Waals surface area contributed by atoms with E-state index in [2.05, 4.69) is 34.9 Å². The molecule has 0 spiro atoms. The third-order valence-electron chi connectivity index (χ3n) is 5.25. The van der Waals surface area contributed by atoms with Crippen LogP contribution in [0.1, 0.15) is 44.4 Å². The zero-order valence-corrected chi connectivity index (χ0v) is 21.0. The maximum Gasteiger partial charge on any atom is 0.245 e. The topological polar surface area (TPSA) is 156 Å². The second-order valence-corrected chi connectivity index (χ2v) is 9.71. The molecule has 0 aliphatic carbocycles. The number of hydrogen-bond donors (Lipinski definition) is 1. The number of ether oxygens (including phenoxy) is 3. The molecule has 1 N–H and O–H groups in total. The van der Waals surface area contributed by atoms with Crippen LogP contribution in [0.25, 0.3) is 5.69 Å². The van der Waals surface area contributed by atoms with Gasteiger partial charge < -0.3 is 14.2 Å². The fraction of sp³-hybridized carbons (Fsp3) is 0.474. The first-order valence-electron chi connectivity index (χ1n) is 10.0. The third-order valence-corrected chi connectivity index (χ3v) is 7.29. The molecule has 15 heteroatoms. The molecule has 13 nitrogen and oxygen atoms in total. The lowest BCUT2D eigenvalue weighted by Gasteiger charge is -2.21. The van der Waals surface area contributed by atoms with Crippen LogP contribution in [0.4, 0.5) is 5.95 Å². The van der Waals surface area contributed by atoms with Gasteiger partial charge in [0.15, 0.2) is 11.5 Å². The van der Waals surface area contributed by atoms with Gasteiger partial charge in [0, 0.05) is 25.4 Å². The average molecular weight is 513 g/mol. The summed E-state index contributed by atoms with van der Waals surface area (Å²) in [6, 6.07) is 0. The van der Waals surface area contributed by atoms with E-state index in [0.29, 0.717) is 10.8 Å². The molecule has 3 unspecified atom stereocenters. The van der Waals surface area contributed by atoms with Crippen LogP contribution in [0.15, 0.2) is 18.7 Å². The van der Waals surface area contributed by atoms with Crippen LogP contribution in [0.3, 0.4) is 0 Å². The Morgan fingerprint density at radius 2 is 1.56 bits per heavy atom. The highest BCUT2D eigenvalue weighted by atomic mass is 35.5. The lowest BCUT2D eigenvalue weighted by atomic mass is 10.1. The highest BCUT2D eigenvalue weighted by molar-refractivity contribution is 7.93. The molecule has 3 rings (SSSR count). The first kappa shape index (κ1) is 25.5. The molecule has 0 bridgehead atoms. The quantitative estimate of drug-likeness (QED) is 0.424. The zero-order valence-electron chi connectivity index (χ0n) is 19.4. The van der Waals surface area contributed by atoms with Crippen molar-refractivity contribution in [3.05, 3.63) is 35.4 Å². The third kappa shape index (κ3) is 5.03. The van der Waals surface area contributed by atoms with Gasteiger partial charge in [0.2, 0.25) is 27.7 Å². The number of sulfonamides is 1. The second kappa shape index (κ2) is 10.4. The van der Waals surface area contributed by atoms with Crippen LogP contribution in [0.5, 0.6) is 11.8 Å². The summed E-state index contributed by atoms with van der Waals surface area (Å²) in [5.41, 5.74) is 0.204. The van der Waals surface area contributed by atoms with E-state index in [-0.39, 0.29) is 29.2 Å². The average Bonchev–Trinajstić information content (AvgIpc) is 3.24. The van der Waals surface area contributed by atoms with E-state index < -0.39 is 27.3 Å². The van der Waals surface area contributed by atoms with Gasteiger partial charge in [-0.2, -0.15) is 9.97 Å². The Morgan fingerprint density at radius 1 is 0.971 bits per heavy atom. The number of anilines is 1. The first-order valence-corrected chi connectivity index (χ1v) is 12.0. The maximum absolute atomic E-state index is 13.3. The number of rotatable bonds is 10. The molecule has 0 amide bonds. The van der Waals surface area contributed by atoms with Crippen molar-refractivity contribution < 1.29 is 22.6 Å². The van der Waals surface area contributed by atoms with Crippen LogP contribution in [-0.4, -0.2) is 69.7 Å². The minimum Gasteiger partial charge on any atom is -0.479 e. The van der Waals surface area contributed by atoms with Crippen molar-refractivity contribution in [2.45, 2.75) is 38.0 Å². The smallest absolute Gasteiger partial charge is 0.245 e. The summed E-state index contributed by atoms with van der Waals surface area (Å²) in [5.74, 6) is 0.153. The van der Waals surface area contributed by atoms with Crippen molar-refractivity contribution in [3.8, 4) is 17.4 Å². The number of aromatic nitrogens is 7. The molecular formula is C19H25ClN8O5S. The number of nitrogens with zero attached hydrogens (tertiary/aromatic N) is 7. The maximum atomic E-state index is 13.3. The van der Waals surface area contributed by atoms with Gasteiger partial charge in [0.25, 0.3) is 0 Å². The molecule has 0 radical (unpaired) electrons. The largest absolute Gasteiger partial charge is 0.479 e. The summed E-state index contributed by atoms with van der Waals surface area (Å²) in [7, 11) is 0.299. The Labute approximate surface area is 201 Å². The van der Waals surface area contributed by atoms with Crippen LogP contribution in [0, 0.1) is 0 Å². The molecule has 0 saturated carbocycles. The Balaban J connectivity index is 2.08. The Kier molecular flexibility index (Phi) is 7.84. The second-order valence-electron chi connectivity index (χ2n) is 7.24. The van der Waals surface area contributed by atoms with Crippen molar-refractivity contribution in [1.29, 1.82) is 0 Å².